The highest BCUT2D eigenvalue weighted by atomic mass is 79.9. The Bertz CT molecular complexity index is 447. The first-order valence-electron chi connectivity index (χ1n) is 6.99. The summed E-state index contributed by atoms with van der Waals surface area (Å²) in [5.74, 6) is 6.63. The van der Waals surface area contributed by atoms with Gasteiger partial charge in [0, 0.05) is 7.11 Å². The molecule has 0 radical (unpaired) electrons. The summed E-state index contributed by atoms with van der Waals surface area (Å²) in [5, 5.41) is 0. The van der Waals surface area contributed by atoms with Crippen molar-refractivity contribution in [3.8, 4) is 5.75 Å². The van der Waals surface area contributed by atoms with Gasteiger partial charge in [-0.3, -0.25) is 11.3 Å². The Kier molecular flexibility index (Phi) is 5.43. The molecule has 0 amide bonds. The van der Waals surface area contributed by atoms with Crippen molar-refractivity contribution in [1.29, 1.82) is 0 Å². The zero-order valence-corrected chi connectivity index (χ0v) is 13.7. The molecule has 0 spiro atoms. The predicted molar refractivity (Wildman–Crippen MR) is 83.7 cm³/mol. The zero-order valence-electron chi connectivity index (χ0n) is 12.1. The third-order valence-corrected chi connectivity index (χ3v) is 4.97. The smallest absolute Gasteiger partial charge is 0.133 e. The highest BCUT2D eigenvalue weighted by molar-refractivity contribution is 9.10. The second-order valence-corrected chi connectivity index (χ2v) is 6.22. The molecule has 1 unspecified atom stereocenters. The van der Waals surface area contributed by atoms with Gasteiger partial charge in [-0.15, -0.1) is 0 Å². The topological polar surface area (TPSA) is 56.5 Å². The summed E-state index contributed by atoms with van der Waals surface area (Å²) in [6.07, 6.45) is 5.38. The third-order valence-electron chi connectivity index (χ3n) is 4.35. The highest BCUT2D eigenvalue weighted by Gasteiger charge is 2.41. The summed E-state index contributed by atoms with van der Waals surface area (Å²) in [4.78, 5) is 0. The fourth-order valence-electron chi connectivity index (χ4n) is 3.14. The third kappa shape index (κ3) is 3.17. The second-order valence-electron chi connectivity index (χ2n) is 5.37. The fourth-order valence-corrected chi connectivity index (χ4v) is 3.73. The minimum absolute atomic E-state index is 0.121. The SMILES string of the molecule is COc1ccc(CC(NN)C2(OC)CCCC2)cc1Br. The molecule has 1 atom stereocenters. The van der Waals surface area contributed by atoms with Crippen molar-refractivity contribution in [1.82, 2.24) is 5.43 Å². The quantitative estimate of drug-likeness (QED) is 0.616. The Balaban J connectivity index is 2.15. The van der Waals surface area contributed by atoms with Crippen LogP contribution in [-0.4, -0.2) is 25.9 Å². The minimum Gasteiger partial charge on any atom is -0.496 e. The van der Waals surface area contributed by atoms with Crippen LogP contribution in [0.3, 0.4) is 0 Å². The lowest BCUT2D eigenvalue weighted by atomic mass is 9.88. The second kappa shape index (κ2) is 6.89. The number of methoxy groups -OCH3 is 2. The largest absolute Gasteiger partial charge is 0.496 e. The molecule has 0 bridgehead atoms. The van der Waals surface area contributed by atoms with E-state index in [9.17, 15) is 0 Å². The van der Waals surface area contributed by atoms with Gasteiger partial charge in [-0.05, 0) is 52.9 Å². The van der Waals surface area contributed by atoms with E-state index in [4.69, 9.17) is 15.3 Å². The molecule has 1 aliphatic carbocycles. The average Bonchev–Trinajstić information content (AvgIpc) is 2.95. The van der Waals surface area contributed by atoms with Gasteiger partial charge < -0.3 is 9.47 Å². The van der Waals surface area contributed by atoms with Crippen molar-refractivity contribution in [2.75, 3.05) is 14.2 Å². The Morgan fingerprint density at radius 1 is 1.35 bits per heavy atom. The van der Waals surface area contributed by atoms with E-state index in [0.717, 1.165) is 29.5 Å². The number of nitrogens with one attached hydrogen (secondary N) is 1. The molecular weight excluding hydrogens is 320 g/mol. The van der Waals surface area contributed by atoms with E-state index in [0.29, 0.717) is 0 Å². The average molecular weight is 343 g/mol. The monoisotopic (exact) mass is 342 g/mol. The standard InChI is InChI=1S/C15H23BrN2O2/c1-19-13-6-5-11(9-12(13)16)10-14(18-17)15(20-2)7-3-4-8-15/h5-6,9,14,18H,3-4,7-8,10,17H2,1-2H3. The van der Waals surface area contributed by atoms with Crippen LogP contribution in [0.1, 0.15) is 31.2 Å². The molecule has 1 saturated carbocycles. The first-order chi connectivity index (χ1) is 9.65. The lowest BCUT2D eigenvalue weighted by Gasteiger charge is -2.36. The molecule has 1 aromatic carbocycles. The van der Waals surface area contributed by atoms with Crippen molar-refractivity contribution in [3.63, 3.8) is 0 Å². The summed E-state index contributed by atoms with van der Waals surface area (Å²) >= 11 is 3.53. The van der Waals surface area contributed by atoms with E-state index in [-0.39, 0.29) is 11.6 Å². The van der Waals surface area contributed by atoms with Gasteiger partial charge in [0.1, 0.15) is 5.75 Å². The van der Waals surface area contributed by atoms with Gasteiger partial charge in [0.2, 0.25) is 0 Å². The summed E-state index contributed by atoms with van der Waals surface area (Å²) in [6.45, 7) is 0. The van der Waals surface area contributed by atoms with Gasteiger partial charge >= 0.3 is 0 Å². The Morgan fingerprint density at radius 2 is 2.05 bits per heavy atom. The zero-order chi connectivity index (χ0) is 14.6. The van der Waals surface area contributed by atoms with E-state index in [2.05, 4.69) is 33.5 Å². The van der Waals surface area contributed by atoms with Crippen molar-refractivity contribution in [2.45, 2.75) is 43.7 Å². The van der Waals surface area contributed by atoms with E-state index in [1.165, 1.54) is 18.4 Å². The maximum absolute atomic E-state index is 5.82. The van der Waals surface area contributed by atoms with Crippen molar-refractivity contribution >= 4 is 15.9 Å². The number of hydrogen-bond acceptors (Lipinski definition) is 4. The van der Waals surface area contributed by atoms with Crippen LogP contribution in [0, 0.1) is 0 Å². The van der Waals surface area contributed by atoms with Crippen LogP contribution in [-0.2, 0) is 11.2 Å². The number of benzene rings is 1. The van der Waals surface area contributed by atoms with Crippen LogP contribution < -0.4 is 16.0 Å². The van der Waals surface area contributed by atoms with Gasteiger partial charge in [0.15, 0.2) is 0 Å². The van der Waals surface area contributed by atoms with Crippen LogP contribution >= 0.6 is 15.9 Å². The molecule has 1 fully saturated rings. The van der Waals surface area contributed by atoms with Crippen LogP contribution in [0.5, 0.6) is 5.75 Å². The van der Waals surface area contributed by atoms with Crippen LogP contribution in [0.2, 0.25) is 0 Å². The number of ether oxygens (including phenoxy) is 2. The van der Waals surface area contributed by atoms with E-state index in [1.807, 2.05) is 6.07 Å². The molecule has 0 aliphatic heterocycles. The Hall–Kier alpha value is -0.620. The first-order valence-corrected chi connectivity index (χ1v) is 7.78. The van der Waals surface area contributed by atoms with Gasteiger partial charge in [-0.2, -0.15) is 0 Å². The van der Waals surface area contributed by atoms with Gasteiger partial charge in [-0.1, -0.05) is 18.9 Å². The Labute approximate surface area is 129 Å². The molecule has 1 aromatic rings. The molecule has 0 aromatic heterocycles. The first kappa shape index (κ1) is 15.8. The number of nitrogens with two attached hydrogens (primary N) is 1. The van der Waals surface area contributed by atoms with Gasteiger partial charge in [-0.25, -0.2) is 0 Å². The molecule has 0 heterocycles. The highest BCUT2D eigenvalue weighted by Crippen LogP contribution is 2.37. The van der Waals surface area contributed by atoms with Crippen molar-refractivity contribution in [2.24, 2.45) is 5.84 Å². The molecule has 4 nitrogen and oxygen atoms in total. The fraction of sp³-hybridized carbons (Fsp3) is 0.600. The normalized spacial score (nSPS) is 19.0. The number of hydrogen-bond donors (Lipinski definition) is 2. The summed E-state index contributed by atoms with van der Waals surface area (Å²) in [5.41, 5.74) is 4.03. The van der Waals surface area contributed by atoms with Crippen LogP contribution in [0.25, 0.3) is 0 Å². The number of hydrazine groups is 1. The number of halogens is 1. The molecule has 20 heavy (non-hydrogen) atoms. The van der Waals surface area contributed by atoms with Crippen LogP contribution in [0.15, 0.2) is 22.7 Å². The molecule has 112 valence electrons. The molecule has 2 rings (SSSR count). The summed E-state index contributed by atoms with van der Waals surface area (Å²) < 4.78 is 12.0. The van der Waals surface area contributed by atoms with E-state index < -0.39 is 0 Å². The summed E-state index contributed by atoms with van der Waals surface area (Å²) in [7, 11) is 3.46. The van der Waals surface area contributed by atoms with Gasteiger partial charge in [0.25, 0.3) is 0 Å². The van der Waals surface area contributed by atoms with E-state index in [1.54, 1.807) is 14.2 Å². The van der Waals surface area contributed by atoms with Gasteiger partial charge in [0.05, 0.1) is 23.2 Å². The molecule has 5 heteroatoms. The lowest BCUT2D eigenvalue weighted by molar-refractivity contribution is -0.0355. The number of rotatable bonds is 6. The molecule has 0 saturated heterocycles. The van der Waals surface area contributed by atoms with Crippen molar-refractivity contribution in [3.05, 3.63) is 28.2 Å². The predicted octanol–water partition coefficient (Wildman–Crippen LogP) is 2.79. The van der Waals surface area contributed by atoms with E-state index >= 15 is 0 Å². The van der Waals surface area contributed by atoms with Crippen LogP contribution in [0.4, 0.5) is 0 Å². The maximum Gasteiger partial charge on any atom is 0.133 e. The Morgan fingerprint density at radius 3 is 2.55 bits per heavy atom. The maximum atomic E-state index is 5.82. The minimum atomic E-state index is -0.138. The molecule has 3 N–H and O–H groups in total. The lowest BCUT2D eigenvalue weighted by Crippen LogP contribution is -2.54. The van der Waals surface area contributed by atoms with Crippen molar-refractivity contribution < 1.29 is 9.47 Å². The molecule has 1 aliphatic rings. The summed E-state index contributed by atoms with van der Waals surface area (Å²) in [6, 6.07) is 6.25. The molecular formula is C15H23BrN2O2.